The van der Waals surface area contributed by atoms with Crippen molar-refractivity contribution in [2.45, 2.75) is 51.5 Å². The van der Waals surface area contributed by atoms with Crippen LogP contribution in [-0.2, 0) is 6.42 Å². The van der Waals surface area contributed by atoms with E-state index in [0.717, 1.165) is 11.5 Å². The molecule has 0 bridgehead atoms. The summed E-state index contributed by atoms with van der Waals surface area (Å²) in [7, 11) is 4.96. The number of benzene rings is 1. The molecule has 26 heavy (non-hydrogen) atoms. The van der Waals surface area contributed by atoms with Crippen LogP contribution in [0.2, 0.25) is 0 Å². The van der Waals surface area contributed by atoms with E-state index in [1.54, 1.807) is 21.3 Å². The summed E-state index contributed by atoms with van der Waals surface area (Å²) in [4.78, 5) is 0. The average Bonchev–Trinajstić information content (AvgIpc) is 3.14. The molecule has 1 aliphatic carbocycles. The smallest absolute Gasteiger partial charge is 0.203 e. The van der Waals surface area contributed by atoms with Crippen molar-refractivity contribution in [2.75, 3.05) is 21.3 Å². The Kier molecular flexibility index (Phi) is 6.12. The largest absolute Gasteiger partial charge is 0.493 e. The molecule has 1 atom stereocenters. The molecule has 0 amide bonds. The lowest BCUT2D eigenvalue weighted by molar-refractivity contribution is 0.323. The molecule has 1 heterocycles. The van der Waals surface area contributed by atoms with Crippen LogP contribution in [0.5, 0.6) is 17.2 Å². The highest BCUT2D eigenvalue weighted by Crippen LogP contribution is 2.40. The highest BCUT2D eigenvalue weighted by atomic mass is 16.5. The monoisotopic (exact) mass is 357 g/mol. The van der Waals surface area contributed by atoms with Gasteiger partial charge in [-0.25, -0.2) is 0 Å². The van der Waals surface area contributed by atoms with Crippen molar-refractivity contribution in [1.29, 1.82) is 0 Å². The molecule has 4 nitrogen and oxygen atoms in total. The van der Waals surface area contributed by atoms with Crippen LogP contribution in [0.1, 0.15) is 56.3 Å². The van der Waals surface area contributed by atoms with Crippen LogP contribution >= 0.6 is 0 Å². The number of hydrogen-bond donors (Lipinski definition) is 0. The Morgan fingerprint density at radius 3 is 2.23 bits per heavy atom. The summed E-state index contributed by atoms with van der Waals surface area (Å²) in [5, 5.41) is 0. The van der Waals surface area contributed by atoms with Crippen molar-refractivity contribution >= 4 is 0 Å². The predicted octanol–water partition coefficient (Wildman–Crippen LogP) is 5.25. The summed E-state index contributed by atoms with van der Waals surface area (Å²) in [6, 6.07) is 8.74. The molecular formula is C22H31NO3. The summed E-state index contributed by atoms with van der Waals surface area (Å²) in [6.45, 7) is 2.23. The number of rotatable bonds is 7. The molecule has 1 aliphatic rings. The van der Waals surface area contributed by atoms with Gasteiger partial charge in [-0.2, -0.15) is 0 Å². The number of aromatic nitrogens is 1. The lowest BCUT2D eigenvalue weighted by Gasteiger charge is -2.25. The SMILES string of the molecule is COc1cc(C(C)n2cccc2CC2CCCCC2)cc(OC)c1OC. The van der Waals surface area contributed by atoms with Crippen LogP contribution in [0, 0.1) is 5.92 Å². The topological polar surface area (TPSA) is 32.6 Å². The van der Waals surface area contributed by atoms with E-state index in [-0.39, 0.29) is 6.04 Å². The first-order chi connectivity index (χ1) is 12.7. The first-order valence-electron chi connectivity index (χ1n) is 9.63. The Balaban J connectivity index is 1.87. The average molecular weight is 357 g/mol. The van der Waals surface area contributed by atoms with Crippen molar-refractivity contribution in [3.05, 3.63) is 41.7 Å². The summed E-state index contributed by atoms with van der Waals surface area (Å²) in [6.07, 6.45) is 10.3. The minimum absolute atomic E-state index is 0.206. The normalized spacial score (nSPS) is 16.3. The van der Waals surface area contributed by atoms with Gasteiger partial charge >= 0.3 is 0 Å². The molecule has 4 heteroatoms. The molecule has 2 aromatic rings. The van der Waals surface area contributed by atoms with E-state index in [1.165, 1.54) is 44.2 Å². The third kappa shape index (κ3) is 3.84. The molecule has 0 spiro atoms. The van der Waals surface area contributed by atoms with Gasteiger partial charge in [0.05, 0.1) is 27.4 Å². The second-order valence-electron chi connectivity index (χ2n) is 7.25. The van der Waals surface area contributed by atoms with Gasteiger partial charge in [0.15, 0.2) is 11.5 Å². The molecular weight excluding hydrogens is 326 g/mol. The van der Waals surface area contributed by atoms with Gasteiger partial charge in [-0.05, 0) is 49.1 Å². The standard InChI is InChI=1S/C22H31NO3/c1-16(18-14-20(24-2)22(26-4)21(15-18)25-3)23-12-8-11-19(23)13-17-9-6-5-7-10-17/h8,11-12,14-17H,5-7,9-10,13H2,1-4H3. The molecule has 1 aromatic carbocycles. The molecule has 1 saturated carbocycles. The Labute approximate surface area is 157 Å². The summed E-state index contributed by atoms with van der Waals surface area (Å²) in [5.74, 6) is 2.87. The fourth-order valence-corrected chi connectivity index (χ4v) is 4.17. The summed E-state index contributed by atoms with van der Waals surface area (Å²) >= 11 is 0. The minimum Gasteiger partial charge on any atom is -0.493 e. The molecule has 1 aromatic heterocycles. The van der Waals surface area contributed by atoms with Crippen LogP contribution in [0.15, 0.2) is 30.5 Å². The van der Waals surface area contributed by atoms with Gasteiger partial charge in [-0.1, -0.05) is 32.1 Å². The van der Waals surface area contributed by atoms with Crippen molar-refractivity contribution in [1.82, 2.24) is 4.57 Å². The van der Waals surface area contributed by atoms with Gasteiger partial charge in [0.2, 0.25) is 5.75 Å². The van der Waals surface area contributed by atoms with Crippen molar-refractivity contribution in [3.63, 3.8) is 0 Å². The van der Waals surface area contributed by atoms with E-state index in [1.807, 2.05) is 0 Å². The van der Waals surface area contributed by atoms with Gasteiger partial charge in [-0.15, -0.1) is 0 Å². The lowest BCUT2D eigenvalue weighted by Crippen LogP contribution is -2.15. The van der Waals surface area contributed by atoms with E-state index in [4.69, 9.17) is 14.2 Å². The van der Waals surface area contributed by atoms with Gasteiger partial charge in [0.1, 0.15) is 0 Å². The third-order valence-electron chi connectivity index (χ3n) is 5.68. The molecule has 0 radical (unpaired) electrons. The highest BCUT2D eigenvalue weighted by Gasteiger charge is 2.20. The van der Waals surface area contributed by atoms with Crippen LogP contribution < -0.4 is 14.2 Å². The Hall–Kier alpha value is -2.10. The summed E-state index contributed by atoms with van der Waals surface area (Å²) < 4.78 is 18.9. The predicted molar refractivity (Wildman–Crippen MR) is 105 cm³/mol. The van der Waals surface area contributed by atoms with E-state index < -0.39 is 0 Å². The van der Waals surface area contributed by atoms with E-state index in [9.17, 15) is 0 Å². The van der Waals surface area contributed by atoms with Gasteiger partial charge in [0, 0.05) is 11.9 Å². The zero-order chi connectivity index (χ0) is 18.5. The number of methoxy groups -OCH3 is 3. The van der Waals surface area contributed by atoms with Crippen LogP contribution in [0.25, 0.3) is 0 Å². The Morgan fingerprint density at radius 2 is 1.65 bits per heavy atom. The number of nitrogens with zero attached hydrogens (tertiary/aromatic N) is 1. The van der Waals surface area contributed by atoms with Crippen molar-refractivity contribution < 1.29 is 14.2 Å². The molecule has 0 N–H and O–H groups in total. The van der Waals surface area contributed by atoms with Crippen molar-refractivity contribution in [2.24, 2.45) is 5.92 Å². The molecule has 1 fully saturated rings. The van der Waals surface area contributed by atoms with E-state index in [0.29, 0.717) is 17.2 Å². The first kappa shape index (κ1) is 18.7. The van der Waals surface area contributed by atoms with Gasteiger partial charge in [-0.3, -0.25) is 0 Å². The van der Waals surface area contributed by atoms with Crippen LogP contribution in [0.3, 0.4) is 0 Å². The Morgan fingerprint density at radius 1 is 1.00 bits per heavy atom. The maximum atomic E-state index is 5.52. The molecule has 0 aliphatic heterocycles. The zero-order valence-corrected chi connectivity index (χ0v) is 16.5. The maximum Gasteiger partial charge on any atom is 0.203 e. The molecule has 142 valence electrons. The third-order valence-corrected chi connectivity index (χ3v) is 5.68. The second-order valence-corrected chi connectivity index (χ2v) is 7.25. The zero-order valence-electron chi connectivity index (χ0n) is 16.5. The van der Waals surface area contributed by atoms with Crippen LogP contribution in [0.4, 0.5) is 0 Å². The minimum atomic E-state index is 0.206. The fraction of sp³-hybridized carbons (Fsp3) is 0.545. The number of hydrogen-bond acceptors (Lipinski definition) is 3. The molecule has 3 rings (SSSR count). The van der Waals surface area contributed by atoms with Gasteiger partial charge in [0.25, 0.3) is 0 Å². The Bertz CT molecular complexity index is 691. The van der Waals surface area contributed by atoms with Crippen molar-refractivity contribution in [3.8, 4) is 17.2 Å². The molecule has 1 unspecified atom stereocenters. The quantitative estimate of drug-likeness (QED) is 0.679. The second kappa shape index (κ2) is 8.52. The van der Waals surface area contributed by atoms with Crippen LogP contribution in [-0.4, -0.2) is 25.9 Å². The first-order valence-corrected chi connectivity index (χ1v) is 9.63. The molecule has 0 saturated heterocycles. The fourth-order valence-electron chi connectivity index (χ4n) is 4.17. The van der Waals surface area contributed by atoms with E-state index >= 15 is 0 Å². The summed E-state index contributed by atoms with van der Waals surface area (Å²) in [5.41, 5.74) is 2.57. The maximum absolute atomic E-state index is 5.52. The van der Waals surface area contributed by atoms with E-state index in [2.05, 4.69) is 42.0 Å². The lowest BCUT2D eigenvalue weighted by atomic mass is 9.86. The highest BCUT2D eigenvalue weighted by molar-refractivity contribution is 5.54. The van der Waals surface area contributed by atoms with Gasteiger partial charge < -0.3 is 18.8 Å². The number of ether oxygens (including phenoxy) is 3.